The molecule has 17 heavy (non-hydrogen) atoms. The Labute approximate surface area is 98.4 Å². The third-order valence-corrected chi connectivity index (χ3v) is 2.05. The topological polar surface area (TPSA) is 106 Å². The molecule has 7 nitrogen and oxygen atoms in total. The minimum absolute atomic E-state index is 0.0635. The zero-order valence-corrected chi connectivity index (χ0v) is 9.61. The number of nitrogen functional groups attached to an aromatic ring is 1. The summed E-state index contributed by atoms with van der Waals surface area (Å²) >= 11 is 0. The normalized spacial score (nSPS) is 9.53. The van der Waals surface area contributed by atoms with Crippen LogP contribution in [0.1, 0.15) is 10.4 Å². The molecule has 0 saturated heterocycles. The fourth-order valence-corrected chi connectivity index (χ4v) is 1.11. The minimum Gasteiger partial charge on any atom is -0.465 e. The molecule has 0 aliphatic carbocycles. The van der Waals surface area contributed by atoms with E-state index in [0.717, 1.165) is 0 Å². The zero-order chi connectivity index (χ0) is 12.8. The lowest BCUT2D eigenvalue weighted by Crippen LogP contribution is -2.26. The van der Waals surface area contributed by atoms with Crippen LogP contribution in [-0.4, -0.2) is 37.6 Å². The van der Waals surface area contributed by atoms with Gasteiger partial charge in [0.2, 0.25) is 5.91 Å². The smallest absolute Gasteiger partial charge is 0.340 e. The van der Waals surface area contributed by atoms with E-state index in [9.17, 15) is 9.59 Å². The number of likely N-dealkylation sites (N-methyl/N-ethyl adjacent to an activating group) is 1. The second-order valence-electron chi connectivity index (χ2n) is 3.18. The molecule has 0 aliphatic heterocycles. The lowest BCUT2D eigenvalue weighted by atomic mass is 10.2. The molecule has 1 aromatic rings. The van der Waals surface area contributed by atoms with Gasteiger partial charge in [-0.25, -0.2) is 9.78 Å². The molecule has 4 N–H and O–H groups in total. The highest BCUT2D eigenvalue weighted by Gasteiger charge is 2.11. The van der Waals surface area contributed by atoms with Crippen molar-refractivity contribution in [1.29, 1.82) is 0 Å². The van der Waals surface area contributed by atoms with E-state index in [4.69, 9.17) is 5.73 Å². The second kappa shape index (κ2) is 5.69. The van der Waals surface area contributed by atoms with Crippen molar-refractivity contribution in [3.63, 3.8) is 0 Å². The van der Waals surface area contributed by atoms with Crippen molar-refractivity contribution < 1.29 is 14.3 Å². The van der Waals surface area contributed by atoms with Crippen molar-refractivity contribution >= 4 is 23.4 Å². The summed E-state index contributed by atoms with van der Waals surface area (Å²) in [6.45, 7) is 0.0635. The third-order valence-electron chi connectivity index (χ3n) is 2.05. The van der Waals surface area contributed by atoms with Crippen LogP contribution in [0.3, 0.4) is 0 Å². The summed E-state index contributed by atoms with van der Waals surface area (Å²) in [5.74, 6) is -0.362. The van der Waals surface area contributed by atoms with Crippen molar-refractivity contribution in [2.75, 3.05) is 31.8 Å². The van der Waals surface area contributed by atoms with Crippen molar-refractivity contribution in [3.05, 3.63) is 17.8 Å². The Bertz CT molecular complexity index is 434. The molecular formula is C10H14N4O3. The number of amides is 1. The molecule has 1 amide bonds. The first kappa shape index (κ1) is 12.8. The maximum atomic E-state index is 11.3. The van der Waals surface area contributed by atoms with Gasteiger partial charge < -0.3 is 21.1 Å². The van der Waals surface area contributed by atoms with Crippen LogP contribution in [-0.2, 0) is 9.53 Å². The largest absolute Gasteiger partial charge is 0.465 e. The predicted octanol–water partition coefficient (Wildman–Crippen LogP) is -0.392. The van der Waals surface area contributed by atoms with E-state index in [1.165, 1.54) is 26.4 Å². The predicted molar refractivity (Wildman–Crippen MR) is 62.5 cm³/mol. The number of aromatic nitrogens is 1. The summed E-state index contributed by atoms with van der Waals surface area (Å²) in [4.78, 5) is 26.3. The Kier molecular flexibility index (Phi) is 4.27. The zero-order valence-electron chi connectivity index (χ0n) is 9.61. The molecule has 0 radical (unpaired) electrons. The van der Waals surface area contributed by atoms with Gasteiger partial charge >= 0.3 is 5.97 Å². The number of carbonyl (C=O) groups is 2. The highest BCUT2D eigenvalue weighted by Crippen LogP contribution is 2.15. The van der Waals surface area contributed by atoms with Gasteiger partial charge in [0, 0.05) is 7.05 Å². The second-order valence-corrected chi connectivity index (χ2v) is 3.18. The SMILES string of the molecule is CNC(=O)CNc1cc(C(=O)OC)c(N)cn1. The number of nitrogens with zero attached hydrogens (tertiary/aromatic N) is 1. The lowest BCUT2D eigenvalue weighted by molar-refractivity contribution is -0.118. The van der Waals surface area contributed by atoms with E-state index in [2.05, 4.69) is 20.4 Å². The number of esters is 1. The molecule has 0 atom stereocenters. The maximum absolute atomic E-state index is 11.3. The molecule has 1 rings (SSSR count). The summed E-state index contributed by atoms with van der Waals surface area (Å²) < 4.78 is 4.57. The van der Waals surface area contributed by atoms with Gasteiger partial charge in [-0.1, -0.05) is 0 Å². The minimum atomic E-state index is -0.548. The van der Waals surface area contributed by atoms with Gasteiger partial charge in [0.15, 0.2) is 0 Å². The fourth-order valence-electron chi connectivity index (χ4n) is 1.11. The number of anilines is 2. The number of pyridine rings is 1. The van der Waals surface area contributed by atoms with E-state index < -0.39 is 5.97 Å². The van der Waals surface area contributed by atoms with Crippen molar-refractivity contribution in [2.45, 2.75) is 0 Å². The molecule has 0 saturated carbocycles. The van der Waals surface area contributed by atoms with Crippen LogP contribution in [0.4, 0.5) is 11.5 Å². The molecule has 0 bridgehead atoms. The average Bonchev–Trinajstić information content (AvgIpc) is 2.36. The van der Waals surface area contributed by atoms with Gasteiger partial charge in [-0.05, 0) is 6.07 Å². The van der Waals surface area contributed by atoms with Crippen LogP contribution in [0, 0.1) is 0 Å². The van der Waals surface area contributed by atoms with Gasteiger partial charge in [-0.3, -0.25) is 4.79 Å². The third kappa shape index (κ3) is 3.33. The number of nitrogens with one attached hydrogen (secondary N) is 2. The van der Waals surface area contributed by atoms with Gasteiger partial charge in [0.25, 0.3) is 0 Å². The summed E-state index contributed by atoms with van der Waals surface area (Å²) in [6.07, 6.45) is 1.33. The highest BCUT2D eigenvalue weighted by molar-refractivity contribution is 5.95. The molecule has 1 aromatic heterocycles. The average molecular weight is 238 g/mol. The van der Waals surface area contributed by atoms with Crippen molar-refractivity contribution in [3.8, 4) is 0 Å². The molecule has 0 aromatic carbocycles. The Morgan fingerprint density at radius 3 is 2.82 bits per heavy atom. The first-order chi connectivity index (χ1) is 8.08. The van der Waals surface area contributed by atoms with Gasteiger partial charge in [-0.15, -0.1) is 0 Å². The molecule has 0 aliphatic rings. The number of carbonyl (C=O) groups excluding carboxylic acids is 2. The molecule has 1 heterocycles. The first-order valence-electron chi connectivity index (χ1n) is 4.86. The van der Waals surface area contributed by atoms with E-state index in [-0.39, 0.29) is 23.7 Å². The van der Waals surface area contributed by atoms with E-state index in [1.807, 2.05) is 0 Å². The molecule has 0 unspecified atom stereocenters. The molecule has 0 fully saturated rings. The number of methoxy groups -OCH3 is 1. The Morgan fingerprint density at radius 2 is 2.24 bits per heavy atom. The number of hydrogen-bond acceptors (Lipinski definition) is 6. The number of nitrogens with two attached hydrogens (primary N) is 1. The monoisotopic (exact) mass is 238 g/mol. The van der Waals surface area contributed by atoms with Crippen LogP contribution >= 0.6 is 0 Å². The van der Waals surface area contributed by atoms with Crippen LogP contribution < -0.4 is 16.4 Å². The van der Waals surface area contributed by atoms with Crippen molar-refractivity contribution in [1.82, 2.24) is 10.3 Å². The number of ether oxygens (including phenoxy) is 1. The highest BCUT2D eigenvalue weighted by atomic mass is 16.5. The molecular weight excluding hydrogens is 224 g/mol. The van der Waals surface area contributed by atoms with Gasteiger partial charge in [0.05, 0.1) is 31.1 Å². The number of rotatable bonds is 4. The Balaban J connectivity index is 2.81. The van der Waals surface area contributed by atoms with E-state index in [0.29, 0.717) is 5.82 Å². The van der Waals surface area contributed by atoms with Crippen molar-refractivity contribution in [2.24, 2.45) is 0 Å². The van der Waals surface area contributed by atoms with E-state index >= 15 is 0 Å². The summed E-state index contributed by atoms with van der Waals surface area (Å²) in [7, 11) is 2.79. The summed E-state index contributed by atoms with van der Waals surface area (Å²) in [6, 6.07) is 1.43. The maximum Gasteiger partial charge on any atom is 0.340 e. The van der Waals surface area contributed by atoms with Crippen LogP contribution in [0.15, 0.2) is 12.3 Å². The Morgan fingerprint density at radius 1 is 1.53 bits per heavy atom. The van der Waals surface area contributed by atoms with Crippen LogP contribution in [0.25, 0.3) is 0 Å². The molecule has 92 valence electrons. The molecule has 0 spiro atoms. The van der Waals surface area contributed by atoms with Gasteiger partial charge in [-0.2, -0.15) is 0 Å². The summed E-state index contributed by atoms with van der Waals surface area (Å²) in [5.41, 5.74) is 6.01. The standard InChI is InChI=1S/C10H14N4O3/c1-12-9(15)5-14-8-3-6(10(16)17-2)7(11)4-13-8/h3-4H,5,11H2,1-2H3,(H,12,15)(H,13,14). The number of hydrogen-bond donors (Lipinski definition) is 3. The quantitative estimate of drug-likeness (QED) is 0.617. The van der Waals surface area contributed by atoms with Gasteiger partial charge in [0.1, 0.15) is 5.82 Å². The first-order valence-corrected chi connectivity index (χ1v) is 4.86. The lowest BCUT2D eigenvalue weighted by Gasteiger charge is -2.07. The molecule has 7 heteroatoms. The summed E-state index contributed by atoms with van der Waals surface area (Å²) in [5, 5.41) is 5.21. The van der Waals surface area contributed by atoms with E-state index in [1.54, 1.807) is 0 Å². The van der Waals surface area contributed by atoms with Crippen LogP contribution in [0.2, 0.25) is 0 Å². The Hall–Kier alpha value is -2.31. The fraction of sp³-hybridized carbons (Fsp3) is 0.300. The van der Waals surface area contributed by atoms with Crippen LogP contribution in [0.5, 0.6) is 0 Å².